The molecule has 0 radical (unpaired) electrons. The summed E-state index contributed by atoms with van der Waals surface area (Å²) in [6, 6.07) is 10.7. The van der Waals surface area contributed by atoms with Crippen molar-refractivity contribution in [3.63, 3.8) is 0 Å². The minimum absolute atomic E-state index is 0.0751. The third-order valence-electron chi connectivity index (χ3n) is 5.72. The van der Waals surface area contributed by atoms with Gasteiger partial charge in [-0.1, -0.05) is 24.3 Å². The predicted molar refractivity (Wildman–Crippen MR) is 128 cm³/mol. The number of rotatable bonds is 5. The van der Waals surface area contributed by atoms with Crippen molar-refractivity contribution in [2.24, 2.45) is 17.2 Å². The molecule has 0 spiro atoms. The molecule has 0 aliphatic carbocycles. The van der Waals surface area contributed by atoms with Crippen LogP contribution in [0.5, 0.6) is 5.75 Å². The molecule has 0 aromatic heterocycles. The number of nitrogens with zero attached hydrogens (tertiary/aromatic N) is 1. The highest BCUT2D eigenvalue weighted by Gasteiger charge is 2.29. The zero-order valence-electron chi connectivity index (χ0n) is 19.5. The first-order valence-electron chi connectivity index (χ1n) is 10.7. The number of hydrogen-bond donors (Lipinski definition) is 4. The highest BCUT2D eigenvalue weighted by Crippen LogP contribution is 2.31. The highest BCUT2D eigenvalue weighted by atomic mass is 16.5. The van der Waals surface area contributed by atoms with E-state index >= 15 is 0 Å². The van der Waals surface area contributed by atoms with Crippen LogP contribution in [-0.4, -0.2) is 42.3 Å². The summed E-state index contributed by atoms with van der Waals surface area (Å²) in [5.41, 5.74) is 22.9. The van der Waals surface area contributed by atoms with E-state index in [1.807, 2.05) is 37.8 Å². The number of methoxy groups -OCH3 is 1. The first-order chi connectivity index (χ1) is 15.6. The van der Waals surface area contributed by atoms with Crippen molar-refractivity contribution in [3.05, 3.63) is 81.8 Å². The maximum absolute atomic E-state index is 12.1. The van der Waals surface area contributed by atoms with Crippen LogP contribution in [0.15, 0.2) is 54.0 Å². The van der Waals surface area contributed by atoms with Crippen molar-refractivity contribution >= 4 is 11.7 Å². The van der Waals surface area contributed by atoms with Crippen LogP contribution in [0.4, 0.5) is 0 Å². The SMILES string of the molecule is COC(=O)c1c(C)cc(C2CN(C(/C=C(\N)c3ccccc3O)=C(N)N)CC(C)O2)cc1C. The standard InChI is InChI=1S/C25H32N4O4/c1-14-9-17(10-15(2)23(14)25(31)32-4)22-13-29(12-16(3)33-22)20(24(27)28)11-19(26)18-7-5-6-8-21(18)30/h5-11,16,22,30H,12-13,26-28H2,1-4H3/b19-11-. The monoisotopic (exact) mass is 452 g/mol. The molecular weight excluding hydrogens is 420 g/mol. The molecule has 2 aromatic carbocycles. The highest BCUT2D eigenvalue weighted by molar-refractivity contribution is 5.92. The lowest BCUT2D eigenvalue weighted by atomic mass is 9.95. The molecule has 176 valence electrons. The molecule has 7 N–H and O–H groups in total. The number of benzene rings is 2. The van der Waals surface area contributed by atoms with Gasteiger partial charge in [-0.3, -0.25) is 0 Å². The van der Waals surface area contributed by atoms with Gasteiger partial charge in [0.1, 0.15) is 17.7 Å². The molecule has 1 heterocycles. The molecular formula is C25H32N4O4. The fourth-order valence-electron chi connectivity index (χ4n) is 4.24. The predicted octanol–water partition coefficient (Wildman–Crippen LogP) is 2.64. The van der Waals surface area contributed by atoms with Gasteiger partial charge in [-0.2, -0.15) is 0 Å². The third kappa shape index (κ3) is 5.23. The summed E-state index contributed by atoms with van der Waals surface area (Å²) in [6.07, 6.45) is 1.29. The topological polar surface area (TPSA) is 137 Å². The molecule has 1 saturated heterocycles. The van der Waals surface area contributed by atoms with Gasteiger partial charge in [0.15, 0.2) is 0 Å². The summed E-state index contributed by atoms with van der Waals surface area (Å²) >= 11 is 0. The molecule has 3 rings (SSSR count). The van der Waals surface area contributed by atoms with Crippen molar-refractivity contribution in [1.82, 2.24) is 4.90 Å². The Labute approximate surface area is 194 Å². The first-order valence-corrected chi connectivity index (χ1v) is 10.7. The molecule has 1 aliphatic heterocycles. The third-order valence-corrected chi connectivity index (χ3v) is 5.72. The summed E-state index contributed by atoms with van der Waals surface area (Å²) in [5, 5.41) is 10.1. The van der Waals surface area contributed by atoms with E-state index in [9.17, 15) is 9.90 Å². The number of para-hydroxylation sites is 1. The Kier molecular flexibility index (Phi) is 7.18. The Bertz CT molecular complexity index is 1080. The van der Waals surface area contributed by atoms with Crippen molar-refractivity contribution in [2.45, 2.75) is 33.0 Å². The molecule has 0 bridgehead atoms. The molecule has 8 heteroatoms. The van der Waals surface area contributed by atoms with E-state index in [4.69, 9.17) is 26.7 Å². The van der Waals surface area contributed by atoms with Gasteiger partial charge in [0.25, 0.3) is 0 Å². The van der Waals surface area contributed by atoms with Gasteiger partial charge in [0.2, 0.25) is 0 Å². The van der Waals surface area contributed by atoms with Gasteiger partial charge in [-0.15, -0.1) is 0 Å². The van der Waals surface area contributed by atoms with Gasteiger partial charge < -0.3 is 36.7 Å². The van der Waals surface area contributed by atoms with Gasteiger partial charge in [0, 0.05) is 24.4 Å². The average Bonchev–Trinajstić information content (AvgIpc) is 2.76. The molecule has 1 fully saturated rings. The van der Waals surface area contributed by atoms with E-state index in [0.717, 1.165) is 16.7 Å². The molecule has 0 saturated carbocycles. The molecule has 2 atom stereocenters. The fraction of sp³-hybridized carbons (Fsp3) is 0.320. The number of ether oxygens (including phenoxy) is 2. The lowest BCUT2D eigenvalue weighted by Gasteiger charge is -2.39. The van der Waals surface area contributed by atoms with Crippen LogP contribution in [0.3, 0.4) is 0 Å². The number of allylic oxidation sites excluding steroid dienone is 1. The number of morpholine rings is 1. The second-order valence-corrected chi connectivity index (χ2v) is 8.32. The first kappa shape index (κ1) is 24.0. The number of nitrogens with two attached hydrogens (primary N) is 3. The number of phenolic OH excluding ortho intramolecular Hbond substituents is 1. The van der Waals surface area contributed by atoms with Crippen LogP contribution < -0.4 is 17.2 Å². The summed E-state index contributed by atoms with van der Waals surface area (Å²) < 4.78 is 11.1. The minimum atomic E-state index is -0.359. The number of carbonyl (C=O) groups is 1. The van der Waals surface area contributed by atoms with Crippen molar-refractivity contribution < 1.29 is 19.4 Å². The summed E-state index contributed by atoms with van der Waals surface area (Å²) in [7, 11) is 1.37. The number of aryl methyl sites for hydroxylation is 2. The normalized spacial score (nSPS) is 18.7. The Morgan fingerprint density at radius 1 is 1.15 bits per heavy atom. The molecule has 0 amide bonds. The summed E-state index contributed by atoms with van der Waals surface area (Å²) in [5.74, 6) is -0.164. The summed E-state index contributed by atoms with van der Waals surface area (Å²) in [6.45, 7) is 6.78. The van der Waals surface area contributed by atoms with Crippen LogP contribution in [0, 0.1) is 13.8 Å². The maximum Gasteiger partial charge on any atom is 0.338 e. The summed E-state index contributed by atoms with van der Waals surface area (Å²) in [4.78, 5) is 14.2. The number of phenols is 1. The quantitative estimate of drug-likeness (QED) is 0.401. The second kappa shape index (κ2) is 9.87. The lowest BCUT2D eigenvalue weighted by Crippen LogP contribution is -2.43. The molecule has 2 aromatic rings. The maximum atomic E-state index is 12.1. The molecule has 1 aliphatic rings. The van der Waals surface area contributed by atoms with Gasteiger partial charge in [-0.25, -0.2) is 4.79 Å². The van der Waals surface area contributed by atoms with Crippen LogP contribution in [0.2, 0.25) is 0 Å². The largest absolute Gasteiger partial charge is 0.507 e. The number of hydrogen-bond acceptors (Lipinski definition) is 8. The van der Waals surface area contributed by atoms with Crippen LogP contribution in [0.1, 0.15) is 45.6 Å². The number of esters is 1. The van der Waals surface area contributed by atoms with E-state index in [1.54, 1.807) is 30.3 Å². The Morgan fingerprint density at radius 3 is 2.36 bits per heavy atom. The van der Waals surface area contributed by atoms with Gasteiger partial charge in [-0.05, 0) is 55.7 Å². The van der Waals surface area contributed by atoms with E-state index in [1.165, 1.54) is 7.11 Å². The van der Waals surface area contributed by atoms with Crippen molar-refractivity contribution in [2.75, 3.05) is 20.2 Å². The van der Waals surface area contributed by atoms with E-state index in [0.29, 0.717) is 35.6 Å². The van der Waals surface area contributed by atoms with Gasteiger partial charge in [0.05, 0.1) is 24.5 Å². The molecule has 8 nitrogen and oxygen atoms in total. The number of carbonyl (C=O) groups excluding carboxylic acids is 1. The smallest absolute Gasteiger partial charge is 0.338 e. The zero-order chi connectivity index (χ0) is 24.3. The van der Waals surface area contributed by atoms with Crippen molar-refractivity contribution in [1.29, 1.82) is 0 Å². The second-order valence-electron chi connectivity index (χ2n) is 8.32. The molecule has 2 unspecified atom stereocenters. The Hall–Kier alpha value is -3.65. The van der Waals surface area contributed by atoms with E-state index < -0.39 is 0 Å². The van der Waals surface area contributed by atoms with Gasteiger partial charge >= 0.3 is 5.97 Å². The molecule has 33 heavy (non-hydrogen) atoms. The lowest BCUT2D eigenvalue weighted by molar-refractivity contribution is -0.0684. The Morgan fingerprint density at radius 2 is 1.79 bits per heavy atom. The fourth-order valence-corrected chi connectivity index (χ4v) is 4.24. The van der Waals surface area contributed by atoms with E-state index in [-0.39, 0.29) is 29.7 Å². The Balaban J connectivity index is 1.94. The van der Waals surface area contributed by atoms with E-state index in [2.05, 4.69) is 0 Å². The average molecular weight is 453 g/mol. The number of aromatic hydroxyl groups is 1. The van der Waals surface area contributed by atoms with Crippen LogP contribution in [-0.2, 0) is 9.47 Å². The van der Waals surface area contributed by atoms with Crippen molar-refractivity contribution in [3.8, 4) is 5.75 Å². The van der Waals surface area contributed by atoms with Crippen LogP contribution in [0.25, 0.3) is 5.70 Å². The minimum Gasteiger partial charge on any atom is -0.507 e. The van der Waals surface area contributed by atoms with Crippen LogP contribution >= 0.6 is 0 Å². The zero-order valence-corrected chi connectivity index (χ0v) is 19.5.